The highest BCUT2D eigenvalue weighted by Gasteiger charge is 2.04. The van der Waals surface area contributed by atoms with Crippen LogP contribution in [0.1, 0.15) is 28.4 Å². The fourth-order valence-corrected chi connectivity index (χ4v) is 2.56. The van der Waals surface area contributed by atoms with Gasteiger partial charge in [0.1, 0.15) is 18.1 Å². The first kappa shape index (κ1) is 19.2. The van der Waals surface area contributed by atoms with Crippen LogP contribution in [0.2, 0.25) is 0 Å². The predicted octanol–water partition coefficient (Wildman–Crippen LogP) is 5.11. The van der Waals surface area contributed by atoms with E-state index in [4.69, 9.17) is 14.6 Å². The zero-order valence-corrected chi connectivity index (χ0v) is 15.5. The zero-order valence-electron chi connectivity index (χ0n) is 15.5. The molecule has 0 bridgehead atoms. The van der Waals surface area contributed by atoms with Crippen LogP contribution in [0.3, 0.4) is 0 Å². The Kier molecular flexibility index (Phi) is 6.41. The molecule has 142 valence electrons. The largest absolute Gasteiger partial charge is 0.494 e. The Morgan fingerprint density at radius 3 is 2.36 bits per heavy atom. The van der Waals surface area contributed by atoms with Crippen molar-refractivity contribution in [1.82, 2.24) is 0 Å². The molecule has 3 aromatic rings. The third-order valence-corrected chi connectivity index (χ3v) is 4.01. The van der Waals surface area contributed by atoms with Gasteiger partial charge in [0, 0.05) is 11.8 Å². The number of rotatable bonds is 8. The van der Waals surface area contributed by atoms with E-state index in [-0.39, 0.29) is 5.56 Å². The zero-order chi connectivity index (χ0) is 19.8. The Hall–Kier alpha value is -3.60. The molecule has 0 aliphatic heterocycles. The number of carboxylic acid groups (broad SMARTS) is 1. The van der Waals surface area contributed by atoms with E-state index < -0.39 is 5.97 Å². The quantitative estimate of drug-likeness (QED) is 0.555. The third kappa shape index (κ3) is 5.20. The molecule has 0 aliphatic carbocycles. The van der Waals surface area contributed by atoms with Crippen LogP contribution >= 0.6 is 0 Å². The van der Waals surface area contributed by atoms with E-state index in [9.17, 15) is 4.79 Å². The van der Waals surface area contributed by atoms with Gasteiger partial charge in [-0.25, -0.2) is 4.79 Å². The van der Waals surface area contributed by atoms with Crippen molar-refractivity contribution in [2.75, 3.05) is 6.61 Å². The number of ether oxygens (including phenoxy) is 2. The molecule has 0 atom stereocenters. The molecular weight excluding hydrogens is 354 g/mol. The smallest absolute Gasteiger partial charge is 0.335 e. The lowest BCUT2D eigenvalue weighted by molar-refractivity contribution is 0.0697. The van der Waals surface area contributed by atoms with E-state index in [0.29, 0.717) is 19.0 Å². The summed E-state index contributed by atoms with van der Waals surface area (Å²) in [6.45, 7) is 2.92. The molecule has 0 saturated heterocycles. The summed E-state index contributed by atoms with van der Waals surface area (Å²) in [5, 5.41) is 8.96. The van der Waals surface area contributed by atoms with Crippen molar-refractivity contribution < 1.29 is 19.4 Å². The van der Waals surface area contributed by atoms with Gasteiger partial charge < -0.3 is 14.6 Å². The summed E-state index contributed by atoms with van der Waals surface area (Å²) in [5.74, 6) is 0.585. The van der Waals surface area contributed by atoms with Crippen molar-refractivity contribution in [2.24, 2.45) is 4.99 Å². The topological polar surface area (TPSA) is 68.1 Å². The highest BCUT2D eigenvalue weighted by atomic mass is 16.5. The lowest BCUT2D eigenvalue weighted by atomic mass is 10.1. The van der Waals surface area contributed by atoms with Gasteiger partial charge in [0.25, 0.3) is 0 Å². The second-order valence-corrected chi connectivity index (χ2v) is 6.01. The molecule has 0 fully saturated rings. The number of carbonyl (C=O) groups is 1. The minimum Gasteiger partial charge on any atom is -0.494 e. The molecule has 0 aliphatic rings. The number of hydrogen-bond acceptors (Lipinski definition) is 4. The number of aromatic carboxylic acids is 1. The molecule has 1 N–H and O–H groups in total. The van der Waals surface area contributed by atoms with Crippen LogP contribution in [0, 0.1) is 0 Å². The monoisotopic (exact) mass is 375 g/mol. The molecule has 28 heavy (non-hydrogen) atoms. The van der Waals surface area contributed by atoms with E-state index >= 15 is 0 Å². The standard InChI is InChI=1S/C23H21NO4/c1-2-27-21-13-11-20(12-14-21)24-15-19-5-3-4-6-22(19)28-16-17-7-9-18(10-8-17)23(25)26/h3-15H,2,16H2,1H3,(H,25,26). The van der Waals surface area contributed by atoms with Gasteiger partial charge in [-0.15, -0.1) is 0 Å². The predicted molar refractivity (Wildman–Crippen MR) is 109 cm³/mol. The number of nitrogens with zero attached hydrogens (tertiary/aromatic N) is 1. The molecule has 0 saturated carbocycles. The van der Waals surface area contributed by atoms with Crippen LogP contribution in [0.5, 0.6) is 11.5 Å². The normalized spacial score (nSPS) is 10.8. The number of benzene rings is 3. The van der Waals surface area contributed by atoms with E-state index in [1.807, 2.05) is 55.5 Å². The van der Waals surface area contributed by atoms with Crippen LogP contribution in [-0.2, 0) is 6.61 Å². The average molecular weight is 375 g/mol. The van der Waals surface area contributed by atoms with E-state index in [1.54, 1.807) is 30.5 Å². The number of carboxylic acids is 1. The number of aliphatic imine (C=N–C) groups is 1. The van der Waals surface area contributed by atoms with E-state index in [2.05, 4.69) is 4.99 Å². The molecule has 0 radical (unpaired) electrons. The fraction of sp³-hybridized carbons (Fsp3) is 0.130. The Bertz CT molecular complexity index is 947. The number of para-hydroxylation sites is 1. The highest BCUT2D eigenvalue weighted by Crippen LogP contribution is 2.21. The van der Waals surface area contributed by atoms with E-state index in [0.717, 1.165) is 22.6 Å². The first-order valence-corrected chi connectivity index (χ1v) is 8.96. The average Bonchev–Trinajstić information content (AvgIpc) is 2.73. The maximum atomic E-state index is 10.9. The van der Waals surface area contributed by atoms with Crippen LogP contribution in [0.4, 0.5) is 5.69 Å². The molecule has 0 heterocycles. The highest BCUT2D eigenvalue weighted by molar-refractivity contribution is 5.87. The fourth-order valence-electron chi connectivity index (χ4n) is 2.56. The van der Waals surface area contributed by atoms with Crippen molar-refractivity contribution in [3.05, 3.63) is 89.5 Å². The van der Waals surface area contributed by atoms with Gasteiger partial charge in [-0.2, -0.15) is 0 Å². The second-order valence-electron chi connectivity index (χ2n) is 6.01. The van der Waals surface area contributed by atoms with Gasteiger partial charge in [0.05, 0.1) is 17.9 Å². The summed E-state index contributed by atoms with van der Waals surface area (Å²) in [6.07, 6.45) is 1.76. The number of hydrogen-bond donors (Lipinski definition) is 1. The Morgan fingerprint density at radius 1 is 0.964 bits per heavy atom. The first-order chi connectivity index (χ1) is 13.7. The van der Waals surface area contributed by atoms with Crippen LogP contribution in [0.25, 0.3) is 0 Å². The first-order valence-electron chi connectivity index (χ1n) is 8.96. The molecule has 3 rings (SSSR count). The molecular formula is C23H21NO4. The van der Waals surface area contributed by atoms with Gasteiger partial charge in [-0.1, -0.05) is 24.3 Å². The molecule has 5 nitrogen and oxygen atoms in total. The van der Waals surface area contributed by atoms with Crippen molar-refractivity contribution in [3.8, 4) is 11.5 Å². The Balaban J connectivity index is 1.67. The van der Waals surface area contributed by atoms with Crippen LogP contribution in [-0.4, -0.2) is 23.9 Å². The lowest BCUT2D eigenvalue weighted by Gasteiger charge is -2.09. The van der Waals surface area contributed by atoms with Gasteiger partial charge in [-0.3, -0.25) is 4.99 Å². The van der Waals surface area contributed by atoms with Crippen molar-refractivity contribution in [2.45, 2.75) is 13.5 Å². The summed E-state index contributed by atoms with van der Waals surface area (Å²) in [6, 6.07) is 21.8. The Morgan fingerprint density at radius 2 is 1.68 bits per heavy atom. The maximum Gasteiger partial charge on any atom is 0.335 e. The minimum absolute atomic E-state index is 0.256. The summed E-state index contributed by atoms with van der Waals surface area (Å²) in [5.41, 5.74) is 2.83. The molecule has 0 unspecified atom stereocenters. The molecule has 0 spiro atoms. The SMILES string of the molecule is CCOc1ccc(N=Cc2ccccc2OCc2ccc(C(=O)O)cc2)cc1. The van der Waals surface area contributed by atoms with Crippen molar-refractivity contribution in [1.29, 1.82) is 0 Å². The summed E-state index contributed by atoms with van der Waals surface area (Å²) in [7, 11) is 0. The van der Waals surface area contributed by atoms with Gasteiger partial charge in [0.2, 0.25) is 0 Å². The third-order valence-electron chi connectivity index (χ3n) is 4.01. The molecule has 5 heteroatoms. The summed E-state index contributed by atoms with van der Waals surface area (Å²) in [4.78, 5) is 15.4. The van der Waals surface area contributed by atoms with Crippen LogP contribution < -0.4 is 9.47 Å². The molecule has 3 aromatic carbocycles. The minimum atomic E-state index is -0.941. The summed E-state index contributed by atoms with van der Waals surface area (Å²) < 4.78 is 11.3. The Labute approximate surface area is 163 Å². The van der Waals surface area contributed by atoms with Crippen molar-refractivity contribution in [3.63, 3.8) is 0 Å². The second kappa shape index (κ2) is 9.37. The van der Waals surface area contributed by atoms with Crippen molar-refractivity contribution >= 4 is 17.9 Å². The molecule has 0 aromatic heterocycles. The van der Waals surface area contributed by atoms with Crippen LogP contribution in [0.15, 0.2) is 77.8 Å². The summed E-state index contributed by atoms with van der Waals surface area (Å²) >= 11 is 0. The molecule has 0 amide bonds. The van der Waals surface area contributed by atoms with Gasteiger partial charge >= 0.3 is 5.97 Å². The van der Waals surface area contributed by atoms with E-state index in [1.165, 1.54) is 0 Å². The maximum absolute atomic E-state index is 10.9. The lowest BCUT2D eigenvalue weighted by Crippen LogP contribution is -2.00. The van der Waals surface area contributed by atoms with Gasteiger partial charge in [-0.05, 0) is 61.0 Å². The van der Waals surface area contributed by atoms with Gasteiger partial charge in [0.15, 0.2) is 0 Å².